The zero-order chi connectivity index (χ0) is 18.0. The molecule has 3 fully saturated rings. The average molecular weight is 341 g/mol. The first kappa shape index (κ1) is 18.0. The van der Waals surface area contributed by atoms with Gasteiger partial charge in [-0.1, -0.05) is 39.0 Å². The highest BCUT2D eigenvalue weighted by molar-refractivity contribution is 5.89. The molecule has 4 unspecified atom stereocenters. The molecule has 3 saturated heterocycles. The second kappa shape index (κ2) is 7.20. The molecule has 2 bridgehead atoms. The molecule has 4 nitrogen and oxygen atoms in total. The lowest BCUT2D eigenvalue weighted by Gasteiger charge is -2.49. The van der Waals surface area contributed by atoms with Crippen LogP contribution in [-0.2, 0) is 5.41 Å². The van der Waals surface area contributed by atoms with E-state index in [1.54, 1.807) is 0 Å². The quantitative estimate of drug-likeness (QED) is 0.813. The smallest absolute Gasteiger partial charge is 0.319 e. The number of rotatable bonds is 4. The number of benzene rings is 1. The molecule has 2 N–H and O–H groups in total. The number of carbonyl (C=O) groups excluding carboxylic acids is 1. The number of anilines is 1. The molecule has 3 heterocycles. The van der Waals surface area contributed by atoms with Crippen LogP contribution in [-0.4, -0.2) is 36.6 Å². The highest BCUT2D eigenvalue weighted by atomic mass is 16.2. The van der Waals surface area contributed by atoms with E-state index in [1.165, 1.54) is 12.0 Å². The predicted octanol–water partition coefficient (Wildman–Crippen LogP) is 4.00. The largest absolute Gasteiger partial charge is 0.336 e. The van der Waals surface area contributed by atoms with Gasteiger partial charge in [0.05, 0.1) is 0 Å². The van der Waals surface area contributed by atoms with Crippen LogP contribution in [0.1, 0.15) is 39.2 Å². The minimum Gasteiger partial charge on any atom is -0.336 e. The summed E-state index contributed by atoms with van der Waals surface area (Å²) < 4.78 is 0. The highest BCUT2D eigenvalue weighted by Gasteiger charge is 2.38. The van der Waals surface area contributed by atoms with Gasteiger partial charge in [0, 0.05) is 24.8 Å². The van der Waals surface area contributed by atoms with Crippen LogP contribution in [0.5, 0.6) is 0 Å². The topological polar surface area (TPSA) is 44.4 Å². The maximum Gasteiger partial charge on any atom is 0.319 e. The highest BCUT2D eigenvalue weighted by Crippen LogP contribution is 2.36. The van der Waals surface area contributed by atoms with Crippen LogP contribution in [0.3, 0.4) is 0 Å². The second-order valence-electron chi connectivity index (χ2n) is 8.50. The van der Waals surface area contributed by atoms with E-state index in [1.807, 2.05) is 12.1 Å². The summed E-state index contributed by atoms with van der Waals surface area (Å²) in [5.74, 6) is 1.36. The molecule has 4 heteroatoms. The number of amides is 2. The Morgan fingerprint density at radius 2 is 2.04 bits per heavy atom. The zero-order valence-corrected chi connectivity index (χ0v) is 15.7. The van der Waals surface area contributed by atoms with E-state index in [9.17, 15) is 4.79 Å². The van der Waals surface area contributed by atoms with E-state index in [4.69, 9.17) is 0 Å². The average Bonchev–Trinajstić information content (AvgIpc) is 2.60. The Labute approximate surface area is 151 Å². The Kier molecular flexibility index (Phi) is 5.19. The fraction of sp³-hybridized carbons (Fsp3) is 0.571. The Morgan fingerprint density at radius 1 is 1.32 bits per heavy atom. The van der Waals surface area contributed by atoms with E-state index >= 15 is 0 Å². The minimum absolute atomic E-state index is 0.119. The van der Waals surface area contributed by atoms with Crippen molar-refractivity contribution in [2.75, 3.05) is 25.0 Å². The normalized spacial score (nSPS) is 28.4. The SMILES string of the molecule is C=CC1CN2CCC1CC2CNC(=O)Nc1ccc(C(C)(C)C)cc1. The van der Waals surface area contributed by atoms with Gasteiger partial charge in [0.2, 0.25) is 0 Å². The minimum atomic E-state index is -0.119. The summed E-state index contributed by atoms with van der Waals surface area (Å²) in [5.41, 5.74) is 2.22. The van der Waals surface area contributed by atoms with Crippen LogP contribution in [0, 0.1) is 11.8 Å². The van der Waals surface area contributed by atoms with E-state index in [0.29, 0.717) is 18.5 Å². The molecule has 3 aliphatic rings. The number of urea groups is 1. The summed E-state index contributed by atoms with van der Waals surface area (Å²) in [6.07, 6.45) is 4.53. The summed E-state index contributed by atoms with van der Waals surface area (Å²) in [7, 11) is 0. The number of hydrogen-bond acceptors (Lipinski definition) is 2. The Morgan fingerprint density at radius 3 is 2.60 bits per heavy atom. The lowest BCUT2D eigenvalue weighted by Crippen LogP contribution is -2.56. The first-order valence-corrected chi connectivity index (χ1v) is 9.39. The zero-order valence-electron chi connectivity index (χ0n) is 15.7. The Bertz CT molecular complexity index is 617. The Hall–Kier alpha value is -1.81. The van der Waals surface area contributed by atoms with Crippen LogP contribution in [0.4, 0.5) is 10.5 Å². The third-order valence-corrected chi connectivity index (χ3v) is 5.74. The van der Waals surface area contributed by atoms with Crippen molar-refractivity contribution >= 4 is 11.7 Å². The van der Waals surface area contributed by atoms with Gasteiger partial charge >= 0.3 is 6.03 Å². The second-order valence-corrected chi connectivity index (χ2v) is 8.50. The monoisotopic (exact) mass is 341 g/mol. The summed E-state index contributed by atoms with van der Waals surface area (Å²) in [6, 6.07) is 8.45. The Balaban J connectivity index is 1.48. The van der Waals surface area contributed by atoms with Gasteiger partial charge in [-0.15, -0.1) is 6.58 Å². The summed E-state index contributed by atoms with van der Waals surface area (Å²) in [4.78, 5) is 14.7. The molecule has 0 saturated carbocycles. The molecule has 0 aromatic heterocycles. The van der Waals surface area contributed by atoms with Crippen LogP contribution < -0.4 is 10.6 Å². The van der Waals surface area contributed by atoms with Crippen LogP contribution >= 0.6 is 0 Å². The lowest BCUT2D eigenvalue weighted by molar-refractivity contribution is 0.0209. The number of nitrogens with one attached hydrogen (secondary N) is 2. The van der Waals surface area contributed by atoms with Crippen molar-refractivity contribution in [3.05, 3.63) is 42.5 Å². The fourth-order valence-corrected chi connectivity index (χ4v) is 4.10. The molecular formula is C21H31N3O. The summed E-state index contributed by atoms with van der Waals surface area (Å²) in [5, 5.41) is 5.99. The molecule has 1 aromatic carbocycles. The van der Waals surface area contributed by atoms with Crippen LogP contribution in [0.25, 0.3) is 0 Å². The van der Waals surface area contributed by atoms with E-state index in [2.05, 4.69) is 61.1 Å². The standard InChI is InChI=1S/C21H31N3O/c1-5-15-14-24-11-10-16(15)12-19(24)13-22-20(25)23-18-8-6-17(7-9-18)21(2,3)4/h5-9,15-16,19H,1,10-14H2,2-4H3,(H2,22,23,25). The predicted molar refractivity (Wildman–Crippen MR) is 104 cm³/mol. The van der Waals surface area contributed by atoms with Crippen molar-refractivity contribution < 1.29 is 4.79 Å². The number of fused-ring (bicyclic) bond motifs is 3. The van der Waals surface area contributed by atoms with Crippen LogP contribution in [0.2, 0.25) is 0 Å². The molecule has 2 amide bonds. The molecule has 3 aliphatic heterocycles. The van der Waals surface area contributed by atoms with Gasteiger partial charge in [0.25, 0.3) is 0 Å². The van der Waals surface area contributed by atoms with Crippen molar-refractivity contribution in [3.63, 3.8) is 0 Å². The van der Waals surface area contributed by atoms with E-state index < -0.39 is 0 Å². The van der Waals surface area contributed by atoms with Gasteiger partial charge in [-0.3, -0.25) is 4.90 Å². The number of nitrogens with zero attached hydrogens (tertiary/aromatic N) is 1. The number of hydrogen-bond donors (Lipinski definition) is 2. The fourth-order valence-electron chi connectivity index (χ4n) is 4.10. The van der Waals surface area contributed by atoms with Crippen molar-refractivity contribution in [3.8, 4) is 0 Å². The lowest BCUT2D eigenvalue weighted by atomic mass is 9.75. The van der Waals surface area contributed by atoms with E-state index in [-0.39, 0.29) is 11.4 Å². The molecule has 25 heavy (non-hydrogen) atoms. The molecular weight excluding hydrogens is 310 g/mol. The number of piperidine rings is 3. The summed E-state index contributed by atoms with van der Waals surface area (Å²) in [6.45, 7) is 13.5. The van der Waals surface area contributed by atoms with Gasteiger partial charge in [0.15, 0.2) is 0 Å². The number of carbonyl (C=O) groups is 1. The van der Waals surface area contributed by atoms with Crippen LogP contribution in [0.15, 0.2) is 36.9 Å². The molecule has 0 spiro atoms. The van der Waals surface area contributed by atoms with Crippen molar-refractivity contribution in [2.24, 2.45) is 11.8 Å². The molecule has 4 atom stereocenters. The molecule has 4 rings (SSSR count). The molecule has 136 valence electrons. The molecule has 1 aromatic rings. The van der Waals surface area contributed by atoms with Crippen molar-refractivity contribution in [2.45, 2.75) is 45.1 Å². The first-order valence-electron chi connectivity index (χ1n) is 9.39. The van der Waals surface area contributed by atoms with Gasteiger partial charge in [-0.05, 0) is 54.3 Å². The molecule has 0 aliphatic carbocycles. The molecule has 0 radical (unpaired) electrons. The van der Waals surface area contributed by atoms with Gasteiger partial charge in [-0.2, -0.15) is 0 Å². The third-order valence-electron chi connectivity index (χ3n) is 5.74. The third kappa shape index (κ3) is 4.24. The van der Waals surface area contributed by atoms with Gasteiger partial charge < -0.3 is 10.6 Å². The first-order chi connectivity index (χ1) is 11.9. The van der Waals surface area contributed by atoms with E-state index in [0.717, 1.165) is 31.1 Å². The van der Waals surface area contributed by atoms with Crippen molar-refractivity contribution in [1.82, 2.24) is 10.2 Å². The van der Waals surface area contributed by atoms with Gasteiger partial charge in [0.1, 0.15) is 0 Å². The maximum atomic E-state index is 12.2. The summed E-state index contributed by atoms with van der Waals surface area (Å²) >= 11 is 0. The van der Waals surface area contributed by atoms with Crippen molar-refractivity contribution in [1.29, 1.82) is 0 Å². The maximum absolute atomic E-state index is 12.2. The van der Waals surface area contributed by atoms with Gasteiger partial charge in [-0.25, -0.2) is 4.79 Å².